The summed E-state index contributed by atoms with van der Waals surface area (Å²) in [5.41, 5.74) is 0.518. The molecular formula is C16H21N3O3S. The van der Waals surface area contributed by atoms with Crippen molar-refractivity contribution in [2.45, 2.75) is 44.2 Å². The van der Waals surface area contributed by atoms with Crippen LogP contribution >= 0.6 is 0 Å². The number of rotatable bonds is 4. The number of fused-ring (bicyclic) bond motifs is 1. The van der Waals surface area contributed by atoms with Crippen LogP contribution in [-0.2, 0) is 16.4 Å². The molecule has 7 heteroatoms. The minimum atomic E-state index is -3.71. The van der Waals surface area contributed by atoms with E-state index >= 15 is 0 Å². The standard InChI is InChI=1S/C16H21N3O3S/c1-3-19(13-7-9-14(20)10-8-13)23(21,22)16-11-18-12(2)5-4-6-15(18)17-16/h7-12,20H,3-6H2,1-2H3/t12-/m1/s1. The Labute approximate surface area is 136 Å². The second-order valence-corrected chi connectivity index (χ2v) is 7.64. The molecule has 0 saturated carbocycles. The van der Waals surface area contributed by atoms with Gasteiger partial charge in [-0.1, -0.05) is 0 Å². The van der Waals surface area contributed by atoms with Gasteiger partial charge in [-0.15, -0.1) is 0 Å². The summed E-state index contributed by atoms with van der Waals surface area (Å²) in [5, 5.41) is 9.48. The summed E-state index contributed by atoms with van der Waals surface area (Å²) in [6, 6.07) is 6.42. The summed E-state index contributed by atoms with van der Waals surface area (Å²) in [6.45, 7) is 4.16. The van der Waals surface area contributed by atoms with Crippen molar-refractivity contribution < 1.29 is 13.5 Å². The number of hydrogen-bond acceptors (Lipinski definition) is 4. The number of benzene rings is 1. The minimum Gasteiger partial charge on any atom is -0.508 e. The molecule has 3 rings (SSSR count). The SMILES string of the molecule is CCN(c1ccc(O)cc1)S(=O)(=O)c1cn2c(n1)CCC[C@H]2C. The van der Waals surface area contributed by atoms with Gasteiger partial charge in [-0.2, -0.15) is 8.42 Å². The smallest absolute Gasteiger partial charge is 0.283 e. The summed E-state index contributed by atoms with van der Waals surface area (Å²) in [4.78, 5) is 4.37. The third-order valence-electron chi connectivity index (χ3n) is 4.26. The zero-order chi connectivity index (χ0) is 16.6. The molecule has 0 amide bonds. The first-order valence-corrected chi connectivity index (χ1v) is 9.27. The molecule has 6 nitrogen and oxygen atoms in total. The molecule has 0 saturated heterocycles. The van der Waals surface area contributed by atoms with Crippen molar-refractivity contribution >= 4 is 15.7 Å². The van der Waals surface area contributed by atoms with Crippen LogP contribution in [0.4, 0.5) is 5.69 Å². The first-order chi connectivity index (χ1) is 10.9. The van der Waals surface area contributed by atoms with Crippen LogP contribution in [0, 0.1) is 0 Å². The van der Waals surface area contributed by atoms with E-state index in [-0.39, 0.29) is 16.8 Å². The van der Waals surface area contributed by atoms with Gasteiger partial charge >= 0.3 is 0 Å². The van der Waals surface area contributed by atoms with Crippen molar-refractivity contribution in [1.29, 1.82) is 0 Å². The quantitative estimate of drug-likeness (QED) is 0.932. The van der Waals surface area contributed by atoms with Gasteiger partial charge in [-0.05, 0) is 51.0 Å². The molecule has 2 heterocycles. The third kappa shape index (κ3) is 2.81. The fourth-order valence-electron chi connectivity index (χ4n) is 3.02. The van der Waals surface area contributed by atoms with Crippen LogP contribution in [0.25, 0.3) is 0 Å². The summed E-state index contributed by atoms with van der Waals surface area (Å²) in [7, 11) is -3.71. The van der Waals surface area contributed by atoms with E-state index in [0.717, 1.165) is 25.1 Å². The van der Waals surface area contributed by atoms with Crippen molar-refractivity contribution in [2.24, 2.45) is 0 Å². The number of phenolic OH excluding ortho intramolecular Hbond substituents is 1. The number of anilines is 1. The molecule has 1 aromatic heterocycles. The maximum Gasteiger partial charge on any atom is 0.283 e. The first kappa shape index (κ1) is 15.9. The Morgan fingerprint density at radius 1 is 1.35 bits per heavy atom. The molecule has 1 aliphatic rings. The molecule has 1 aliphatic heterocycles. The highest BCUT2D eigenvalue weighted by Gasteiger charge is 2.29. The van der Waals surface area contributed by atoms with Gasteiger partial charge in [-0.25, -0.2) is 4.98 Å². The van der Waals surface area contributed by atoms with Gasteiger partial charge in [0.05, 0.1) is 5.69 Å². The van der Waals surface area contributed by atoms with Crippen LogP contribution in [-0.4, -0.2) is 29.6 Å². The van der Waals surface area contributed by atoms with E-state index in [1.165, 1.54) is 16.4 Å². The molecular weight excluding hydrogens is 314 g/mol. The van der Waals surface area contributed by atoms with E-state index in [9.17, 15) is 13.5 Å². The van der Waals surface area contributed by atoms with Crippen molar-refractivity contribution in [3.8, 4) is 5.75 Å². The summed E-state index contributed by atoms with van der Waals surface area (Å²) >= 11 is 0. The molecule has 0 fully saturated rings. The molecule has 0 spiro atoms. The number of imidazole rings is 1. The monoisotopic (exact) mass is 335 g/mol. The number of hydrogen-bond donors (Lipinski definition) is 1. The number of aromatic nitrogens is 2. The third-order valence-corrected chi connectivity index (χ3v) is 6.04. The van der Waals surface area contributed by atoms with Gasteiger partial charge in [0.15, 0.2) is 5.03 Å². The molecule has 2 aromatic rings. The summed E-state index contributed by atoms with van der Waals surface area (Å²) in [6.07, 6.45) is 4.54. The van der Waals surface area contributed by atoms with Crippen LogP contribution < -0.4 is 4.31 Å². The molecule has 0 radical (unpaired) electrons. The predicted molar refractivity (Wildman–Crippen MR) is 88.2 cm³/mol. The Morgan fingerprint density at radius 3 is 2.65 bits per heavy atom. The van der Waals surface area contributed by atoms with Gasteiger partial charge in [0.1, 0.15) is 11.6 Å². The summed E-state index contributed by atoms with van der Waals surface area (Å²) < 4.78 is 29.2. The highest BCUT2D eigenvalue weighted by atomic mass is 32.2. The molecule has 1 N–H and O–H groups in total. The summed E-state index contributed by atoms with van der Waals surface area (Å²) in [5.74, 6) is 0.942. The fraction of sp³-hybridized carbons (Fsp3) is 0.438. The van der Waals surface area contributed by atoms with Gasteiger partial charge in [0.2, 0.25) is 0 Å². The van der Waals surface area contributed by atoms with Crippen LogP contribution in [0.15, 0.2) is 35.5 Å². The van der Waals surface area contributed by atoms with Gasteiger partial charge in [0.25, 0.3) is 10.0 Å². The van der Waals surface area contributed by atoms with Gasteiger partial charge in [-0.3, -0.25) is 4.31 Å². The van der Waals surface area contributed by atoms with Crippen LogP contribution in [0.2, 0.25) is 0 Å². The fourth-order valence-corrected chi connectivity index (χ4v) is 4.45. The molecule has 124 valence electrons. The number of phenols is 1. The highest BCUT2D eigenvalue weighted by Crippen LogP contribution is 2.29. The van der Waals surface area contributed by atoms with E-state index in [1.54, 1.807) is 25.3 Å². The predicted octanol–water partition coefficient (Wildman–Crippen LogP) is 2.70. The first-order valence-electron chi connectivity index (χ1n) is 7.83. The average Bonchev–Trinajstić information content (AvgIpc) is 2.96. The number of nitrogens with zero attached hydrogens (tertiary/aromatic N) is 3. The lowest BCUT2D eigenvalue weighted by molar-refractivity contribution is 0.425. The number of aromatic hydroxyl groups is 1. The van der Waals surface area contributed by atoms with Crippen molar-refractivity contribution in [2.75, 3.05) is 10.8 Å². The van der Waals surface area contributed by atoms with E-state index in [1.807, 2.05) is 4.57 Å². The second-order valence-electron chi connectivity index (χ2n) is 5.83. The number of aryl methyl sites for hydroxylation is 1. The van der Waals surface area contributed by atoms with Crippen LogP contribution in [0.1, 0.15) is 38.6 Å². The maximum absolute atomic E-state index is 13.0. The molecule has 1 aromatic carbocycles. The number of sulfonamides is 1. The van der Waals surface area contributed by atoms with Crippen LogP contribution in [0.3, 0.4) is 0 Å². The molecule has 0 aliphatic carbocycles. The Balaban J connectivity index is 2.01. The van der Waals surface area contributed by atoms with Gasteiger partial charge in [0, 0.05) is 25.2 Å². The maximum atomic E-state index is 13.0. The molecule has 23 heavy (non-hydrogen) atoms. The van der Waals surface area contributed by atoms with Gasteiger partial charge < -0.3 is 9.67 Å². The normalized spacial score (nSPS) is 17.7. The lowest BCUT2D eigenvalue weighted by Crippen LogP contribution is -2.31. The largest absolute Gasteiger partial charge is 0.508 e. The topological polar surface area (TPSA) is 75.4 Å². The lowest BCUT2D eigenvalue weighted by Gasteiger charge is -2.21. The Kier molecular flexibility index (Phi) is 4.06. The average molecular weight is 335 g/mol. The minimum absolute atomic E-state index is 0.0937. The van der Waals surface area contributed by atoms with E-state index in [2.05, 4.69) is 11.9 Å². The molecule has 1 atom stereocenters. The molecule has 0 unspecified atom stereocenters. The Bertz CT molecular complexity index is 796. The molecule has 0 bridgehead atoms. The zero-order valence-electron chi connectivity index (χ0n) is 13.3. The van der Waals surface area contributed by atoms with Crippen molar-refractivity contribution in [3.63, 3.8) is 0 Å². The van der Waals surface area contributed by atoms with Crippen LogP contribution in [0.5, 0.6) is 5.75 Å². The second kappa shape index (κ2) is 5.88. The zero-order valence-corrected chi connectivity index (χ0v) is 14.1. The van der Waals surface area contributed by atoms with Crippen molar-refractivity contribution in [1.82, 2.24) is 9.55 Å². The van der Waals surface area contributed by atoms with Crippen molar-refractivity contribution in [3.05, 3.63) is 36.3 Å². The van der Waals surface area contributed by atoms with E-state index < -0.39 is 10.0 Å². The Hall–Kier alpha value is -2.02. The van der Waals surface area contributed by atoms with E-state index in [0.29, 0.717) is 12.2 Å². The lowest BCUT2D eigenvalue weighted by atomic mass is 10.1. The highest BCUT2D eigenvalue weighted by molar-refractivity contribution is 7.92. The Morgan fingerprint density at radius 2 is 2.04 bits per heavy atom. The van der Waals surface area contributed by atoms with E-state index in [4.69, 9.17) is 0 Å².